The minimum absolute atomic E-state index is 0.0952. The van der Waals surface area contributed by atoms with Crippen LogP contribution in [0.4, 0.5) is 13.2 Å². The molecule has 0 aliphatic carbocycles. The summed E-state index contributed by atoms with van der Waals surface area (Å²) >= 11 is 0. The highest BCUT2D eigenvalue weighted by atomic mass is 19.4. The van der Waals surface area contributed by atoms with Gasteiger partial charge in [0.1, 0.15) is 0 Å². The Kier molecular flexibility index (Phi) is 6.12. The second-order valence-electron chi connectivity index (χ2n) is 5.50. The van der Waals surface area contributed by atoms with Crippen molar-refractivity contribution in [1.29, 1.82) is 0 Å². The van der Waals surface area contributed by atoms with Crippen LogP contribution in [0.1, 0.15) is 52.4 Å². The van der Waals surface area contributed by atoms with E-state index in [1.54, 1.807) is 7.05 Å². The topological polar surface area (TPSA) is 15.3 Å². The minimum Gasteiger partial charge on any atom is -0.315 e. The van der Waals surface area contributed by atoms with Gasteiger partial charge < -0.3 is 5.32 Å². The lowest BCUT2D eigenvalue weighted by Gasteiger charge is -2.47. The number of halogens is 3. The van der Waals surface area contributed by atoms with Crippen LogP contribution in [0.25, 0.3) is 0 Å². The van der Waals surface area contributed by atoms with Gasteiger partial charge in [-0.15, -0.1) is 0 Å². The summed E-state index contributed by atoms with van der Waals surface area (Å²) in [6.45, 7) is 6.23. The molecular weight excluding hydrogens is 253 g/mol. The van der Waals surface area contributed by atoms with Gasteiger partial charge in [0.2, 0.25) is 0 Å². The molecule has 1 saturated heterocycles. The summed E-state index contributed by atoms with van der Waals surface area (Å²) in [5, 5.41) is 3.15. The van der Waals surface area contributed by atoms with E-state index in [4.69, 9.17) is 0 Å². The summed E-state index contributed by atoms with van der Waals surface area (Å²) in [4.78, 5) is 2.41. The third-order valence-corrected chi connectivity index (χ3v) is 4.67. The Morgan fingerprint density at radius 2 is 1.63 bits per heavy atom. The molecule has 0 bridgehead atoms. The molecule has 5 heteroatoms. The summed E-state index contributed by atoms with van der Waals surface area (Å²) in [5.74, 6) is 0. The van der Waals surface area contributed by atoms with Crippen LogP contribution >= 0.6 is 0 Å². The molecule has 1 unspecified atom stereocenters. The summed E-state index contributed by atoms with van der Waals surface area (Å²) in [7, 11) is 1.79. The van der Waals surface area contributed by atoms with Gasteiger partial charge in [-0.05, 0) is 52.2 Å². The molecular formula is C14H27F3N2. The zero-order valence-electron chi connectivity index (χ0n) is 12.3. The Morgan fingerprint density at radius 1 is 1.11 bits per heavy atom. The number of nitrogens with zero attached hydrogens (tertiary/aromatic N) is 1. The van der Waals surface area contributed by atoms with E-state index in [1.165, 1.54) is 0 Å². The van der Waals surface area contributed by atoms with E-state index in [9.17, 15) is 13.2 Å². The molecule has 1 aliphatic heterocycles. The van der Waals surface area contributed by atoms with Crippen LogP contribution in [0.3, 0.4) is 0 Å². The number of alkyl halides is 3. The number of hydrogen-bond acceptors (Lipinski definition) is 2. The molecule has 19 heavy (non-hydrogen) atoms. The molecule has 0 radical (unpaired) electrons. The fourth-order valence-electron chi connectivity index (χ4n) is 3.56. The van der Waals surface area contributed by atoms with E-state index < -0.39 is 12.6 Å². The summed E-state index contributed by atoms with van der Waals surface area (Å²) in [6, 6.07) is -0.0952. The van der Waals surface area contributed by atoms with Crippen molar-refractivity contribution in [3.63, 3.8) is 0 Å². The van der Waals surface area contributed by atoms with E-state index in [2.05, 4.69) is 24.1 Å². The predicted molar refractivity (Wildman–Crippen MR) is 72.3 cm³/mol. The van der Waals surface area contributed by atoms with Crippen molar-refractivity contribution >= 4 is 0 Å². The summed E-state index contributed by atoms with van der Waals surface area (Å²) in [5.41, 5.74) is -0.128. The molecule has 2 nitrogen and oxygen atoms in total. The number of hydrogen-bond donors (Lipinski definition) is 1. The van der Waals surface area contributed by atoms with E-state index in [0.29, 0.717) is 0 Å². The highest BCUT2D eigenvalue weighted by Gasteiger charge is 2.42. The van der Waals surface area contributed by atoms with Gasteiger partial charge >= 0.3 is 6.18 Å². The van der Waals surface area contributed by atoms with Crippen LogP contribution < -0.4 is 5.32 Å². The van der Waals surface area contributed by atoms with Crippen LogP contribution in [-0.2, 0) is 0 Å². The molecule has 114 valence electrons. The average Bonchev–Trinajstić information content (AvgIpc) is 2.88. The van der Waals surface area contributed by atoms with Crippen molar-refractivity contribution in [3.05, 3.63) is 0 Å². The maximum atomic E-state index is 12.5. The van der Waals surface area contributed by atoms with Crippen LogP contribution in [0.15, 0.2) is 0 Å². The van der Waals surface area contributed by atoms with E-state index in [-0.39, 0.29) is 18.0 Å². The highest BCUT2D eigenvalue weighted by Crippen LogP contribution is 2.35. The fraction of sp³-hybridized carbons (Fsp3) is 1.00. The predicted octanol–water partition coefficient (Wildman–Crippen LogP) is 3.57. The molecule has 1 rings (SSSR count). The largest absolute Gasteiger partial charge is 0.389 e. The fourth-order valence-corrected chi connectivity index (χ4v) is 3.56. The molecule has 1 heterocycles. The van der Waals surface area contributed by atoms with Gasteiger partial charge in [-0.2, -0.15) is 13.2 Å². The number of nitrogens with one attached hydrogen (secondary N) is 1. The first-order chi connectivity index (χ1) is 8.89. The van der Waals surface area contributed by atoms with E-state index in [1.807, 2.05) is 0 Å². The Labute approximate surface area is 114 Å². The van der Waals surface area contributed by atoms with Crippen LogP contribution in [0, 0.1) is 0 Å². The number of rotatable bonds is 7. The Balaban J connectivity index is 2.80. The number of likely N-dealkylation sites (N-methyl/N-ethyl adjacent to an activating group) is 1. The molecule has 1 fully saturated rings. The van der Waals surface area contributed by atoms with Crippen LogP contribution in [0.2, 0.25) is 0 Å². The van der Waals surface area contributed by atoms with Crippen molar-refractivity contribution < 1.29 is 13.2 Å². The zero-order chi connectivity index (χ0) is 14.5. The van der Waals surface area contributed by atoms with Crippen molar-refractivity contribution in [2.24, 2.45) is 0 Å². The average molecular weight is 280 g/mol. The molecule has 1 aliphatic rings. The smallest absolute Gasteiger partial charge is 0.315 e. The third kappa shape index (κ3) is 4.09. The highest BCUT2D eigenvalue weighted by molar-refractivity contribution is 5.00. The van der Waals surface area contributed by atoms with Gasteiger partial charge in [-0.3, -0.25) is 4.90 Å². The standard InChI is InChI=1S/C14H27F3N2/c1-4-13(5-2,19-10-6-7-11-19)12(18-3)8-9-14(15,16)17/h12,18H,4-11H2,1-3H3. The lowest BCUT2D eigenvalue weighted by Crippen LogP contribution is -2.59. The number of likely N-dealkylation sites (tertiary alicyclic amines) is 1. The SMILES string of the molecule is CCC(CC)(C(CCC(F)(F)F)NC)N1CCCC1. The third-order valence-electron chi connectivity index (χ3n) is 4.67. The van der Waals surface area contributed by atoms with Crippen molar-refractivity contribution in [3.8, 4) is 0 Å². The Morgan fingerprint density at radius 3 is 2.00 bits per heavy atom. The molecule has 1 N–H and O–H groups in total. The van der Waals surface area contributed by atoms with Crippen molar-refractivity contribution in [1.82, 2.24) is 10.2 Å². The van der Waals surface area contributed by atoms with Crippen molar-refractivity contribution in [2.75, 3.05) is 20.1 Å². The normalized spacial score (nSPS) is 19.9. The first kappa shape index (κ1) is 16.8. The maximum Gasteiger partial charge on any atom is 0.389 e. The van der Waals surface area contributed by atoms with Gasteiger partial charge in [0, 0.05) is 18.0 Å². The lowest BCUT2D eigenvalue weighted by molar-refractivity contribution is -0.138. The van der Waals surface area contributed by atoms with Crippen molar-refractivity contribution in [2.45, 2.75) is 70.1 Å². The van der Waals surface area contributed by atoms with Gasteiger partial charge in [0.15, 0.2) is 0 Å². The van der Waals surface area contributed by atoms with Gasteiger partial charge in [0.25, 0.3) is 0 Å². The van der Waals surface area contributed by atoms with Gasteiger partial charge in [0.05, 0.1) is 0 Å². The second kappa shape index (κ2) is 6.93. The van der Waals surface area contributed by atoms with Gasteiger partial charge in [-0.1, -0.05) is 13.8 Å². The first-order valence-electron chi connectivity index (χ1n) is 7.38. The monoisotopic (exact) mass is 280 g/mol. The quantitative estimate of drug-likeness (QED) is 0.767. The van der Waals surface area contributed by atoms with Gasteiger partial charge in [-0.25, -0.2) is 0 Å². The lowest BCUT2D eigenvalue weighted by atomic mass is 9.80. The molecule has 0 amide bonds. The van der Waals surface area contributed by atoms with E-state index in [0.717, 1.165) is 38.8 Å². The molecule has 0 aromatic rings. The van der Waals surface area contributed by atoms with Crippen LogP contribution in [0.5, 0.6) is 0 Å². The maximum absolute atomic E-state index is 12.5. The Bertz CT molecular complexity index is 256. The van der Waals surface area contributed by atoms with E-state index >= 15 is 0 Å². The molecule has 0 spiro atoms. The molecule has 0 aromatic heterocycles. The second-order valence-corrected chi connectivity index (χ2v) is 5.50. The summed E-state index contributed by atoms with van der Waals surface area (Å²) < 4.78 is 37.5. The summed E-state index contributed by atoms with van der Waals surface area (Å²) in [6.07, 6.45) is -0.478. The molecule has 0 saturated carbocycles. The molecule has 0 aromatic carbocycles. The minimum atomic E-state index is -4.06. The van der Waals surface area contributed by atoms with Crippen LogP contribution in [-0.4, -0.2) is 42.8 Å². The zero-order valence-corrected chi connectivity index (χ0v) is 12.3. The first-order valence-corrected chi connectivity index (χ1v) is 7.38. The Hall–Kier alpha value is -0.290. The molecule has 1 atom stereocenters.